The fourth-order valence-electron chi connectivity index (χ4n) is 2.67. The number of fused-ring (bicyclic) bond motifs is 1. The van der Waals surface area contributed by atoms with Gasteiger partial charge in [0, 0.05) is 11.3 Å². The quantitative estimate of drug-likeness (QED) is 0.454. The Labute approximate surface area is 166 Å². The first-order valence-corrected chi connectivity index (χ1v) is 8.73. The Kier molecular flexibility index (Phi) is 5.66. The highest BCUT2D eigenvalue weighted by Gasteiger charge is 2.14. The maximum absolute atomic E-state index is 12.6. The minimum atomic E-state index is -0.550. The fraction of sp³-hybridized carbons (Fsp3) is 0.0476. The lowest BCUT2D eigenvalue weighted by Crippen LogP contribution is -2.13. The second-order valence-corrected chi connectivity index (χ2v) is 6.47. The van der Waals surface area contributed by atoms with Crippen molar-refractivity contribution in [2.75, 3.05) is 12.4 Å². The van der Waals surface area contributed by atoms with Crippen molar-refractivity contribution in [1.82, 2.24) is 0 Å². The Morgan fingerprint density at radius 1 is 1.11 bits per heavy atom. The molecule has 0 aliphatic rings. The molecule has 134 valence electrons. The molecule has 4 nitrogen and oxygen atoms in total. The van der Waals surface area contributed by atoms with E-state index in [1.54, 1.807) is 25.3 Å². The molecule has 0 aliphatic heterocycles. The van der Waals surface area contributed by atoms with Crippen LogP contribution in [0.4, 0.5) is 5.69 Å². The zero-order valence-corrected chi connectivity index (χ0v) is 15.8. The van der Waals surface area contributed by atoms with Gasteiger partial charge in [-0.2, -0.15) is 5.26 Å². The lowest BCUT2D eigenvalue weighted by molar-refractivity contribution is -0.112. The number of carbonyl (C=O) groups excluding carboxylic acids is 1. The molecule has 6 heteroatoms. The second kappa shape index (κ2) is 8.13. The highest BCUT2D eigenvalue weighted by molar-refractivity contribution is 6.42. The van der Waals surface area contributed by atoms with E-state index in [9.17, 15) is 10.1 Å². The van der Waals surface area contributed by atoms with E-state index >= 15 is 0 Å². The molecule has 0 heterocycles. The summed E-state index contributed by atoms with van der Waals surface area (Å²) in [6, 6.07) is 18.1. The van der Waals surface area contributed by atoms with Gasteiger partial charge in [-0.3, -0.25) is 4.79 Å². The Balaban J connectivity index is 2.01. The first-order valence-electron chi connectivity index (χ1n) is 7.97. The van der Waals surface area contributed by atoms with E-state index < -0.39 is 5.91 Å². The van der Waals surface area contributed by atoms with Crippen molar-refractivity contribution in [3.8, 4) is 11.8 Å². The van der Waals surface area contributed by atoms with Gasteiger partial charge in [-0.25, -0.2) is 0 Å². The highest BCUT2D eigenvalue weighted by atomic mass is 35.5. The molecule has 27 heavy (non-hydrogen) atoms. The van der Waals surface area contributed by atoms with Gasteiger partial charge < -0.3 is 10.1 Å². The third-order valence-electron chi connectivity index (χ3n) is 3.98. The number of hydrogen-bond donors (Lipinski definition) is 1. The van der Waals surface area contributed by atoms with E-state index in [-0.39, 0.29) is 5.57 Å². The maximum Gasteiger partial charge on any atom is 0.266 e. The molecule has 0 spiro atoms. The lowest BCUT2D eigenvalue weighted by atomic mass is 10.0. The SMILES string of the molecule is COc1ccc2ccccc2c1/C=C(\C#N)C(=O)Nc1ccc(Cl)c(Cl)c1. The zero-order chi connectivity index (χ0) is 19.4. The molecule has 0 bridgehead atoms. The van der Waals surface area contributed by atoms with Gasteiger partial charge >= 0.3 is 0 Å². The number of halogens is 2. The molecule has 0 radical (unpaired) electrons. The molecule has 3 aromatic carbocycles. The molecule has 0 atom stereocenters. The smallest absolute Gasteiger partial charge is 0.266 e. The van der Waals surface area contributed by atoms with Crippen LogP contribution in [0.25, 0.3) is 16.8 Å². The number of methoxy groups -OCH3 is 1. The molecule has 0 aliphatic carbocycles. The lowest BCUT2D eigenvalue weighted by Gasteiger charge is -2.10. The number of rotatable bonds is 4. The molecular formula is C21H14Cl2N2O2. The zero-order valence-electron chi connectivity index (χ0n) is 14.3. The minimum Gasteiger partial charge on any atom is -0.496 e. The second-order valence-electron chi connectivity index (χ2n) is 5.66. The largest absolute Gasteiger partial charge is 0.496 e. The molecule has 3 aromatic rings. The van der Waals surface area contributed by atoms with Crippen molar-refractivity contribution in [2.24, 2.45) is 0 Å². The molecule has 0 saturated carbocycles. The van der Waals surface area contributed by atoms with E-state index in [0.717, 1.165) is 10.8 Å². The van der Waals surface area contributed by atoms with E-state index in [1.807, 2.05) is 36.4 Å². The molecule has 1 amide bonds. The molecule has 0 unspecified atom stereocenters. The number of hydrogen-bond acceptors (Lipinski definition) is 3. The van der Waals surface area contributed by atoms with Gasteiger partial charge in [0.2, 0.25) is 0 Å². The number of benzene rings is 3. The standard InChI is InChI=1S/C21H14Cl2N2O2/c1-27-20-9-6-13-4-2-3-5-16(13)17(20)10-14(12-24)21(26)25-15-7-8-18(22)19(23)11-15/h2-11H,1H3,(H,25,26)/b14-10+. The Morgan fingerprint density at radius 3 is 2.59 bits per heavy atom. The number of nitrogens with one attached hydrogen (secondary N) is 1. The number of ether oxygens (including phenoxy) is 1. The number of anilines is 1. The van der Waals surface area contributed by atoms with Crippen molar-refractivity contribution in [3.63, 3.8) is 0 Å². The van der Waals surface area contributed by atoms with Gasteiger partial charge in [0.1, 0.15) is 17.4 Å². The van der Waals surface area contributed by atoms with Gasteiger partial charge in [0.15, 0.2) is 0 Å². The van der Waals surface area contributed by atoms with Crippen LogP contribution in [0.5, 0.6) is 5.75 Å². The summed E-state index contributed by atoms with van der Waals surface area (Å²) < 4.78 is 5.41. The molecule has 1 N–H and O–H groups in total. The van der Waals surface area contributed by atoms with E-state index in [0.29, 0.717) is 27.0 Å². The Bertz CT molecular complexity index is 1100. The van der Waals surface area contributed by atoms with Crippen LogP contribution in [0, 0.1) is 11.3 Å². The van der Waals surface area contributed by atoms with Crippen molar-refractivity contribution in [1.29, 1.82) is 5.26 Å². The van der Waals surface area contributed by atoms with Crippen molar-refractivity contribution >= 4 is 51.6 Å². The number of nitrogens with zero attached hydrogens (tertiary/aromatic N) is 1. The Morgan fingerprint density at radius 2 is 1.89 bits per heavy atom. The van der Waals surface area contributed by atoms with Gasteiger partial charge in [0.25, 0.3) is 5.91 Å². The summed E-state index contributed by atoms with van der Waals surface area (Å²) in [7, 11) is 1.54. The van der Waals surface area contributed by atoms with E-state index in [2.05, 4.69) is 5.32 Å². The van der Waals surface area contributed by atoms with Crippen LogP contribution in [0.1, 0.15) is 5.56 Å². The third-order valence-corrected chi connectivity index (χ3v) is 4.72. The highest BCUT2D eigenvalue weighted by Crippen LogP contribution is 2.30. The van der Waals surface area contributed by atoms with Gasteiger partial charge in [-0.15, -0.1) is 0 Å². The summed E-state index contributed by atoms with van der Waals surface area (Å²) in [5.41, 5.74) is 1.05. The summed E-state index contributed by atoms with van der Waals surface area (Å²) in [4.78, 5) is 12.6. The van der Waals surface area contributed by atoms with Crippen molar-refractivity contribution < 1.29 is 9.53 Å². The van der Waals surface area contributed by atoms with Crippen LogP contribution in [0.15, 0.2) is 60.2 Å². The van der Waals surface area contributed by atoms with Gasteiger partial charge in [-0.05, 0) is 41.1 Å². The topological polar surface area (TPSA) is 62.1 Å². The van der Waals surface area contributed by atoms with E-state index in [4.69, 9.17) is 27.9 Å². The van der Waals surface area contributed by atoms with Crippen LogP contribution in [0.3, 0.4) is 0 Å². The maximum atomic E-state index is 12.6. The average Bonchev–Trinajstić information content (AvgIpc) is 2.68. The van der Waals surface area contributed by atoms with Crippen LogP contribution in [0.2, 0.25) is 10.0 Å². The summed E-state index contributed by atoms with van der Waals surface area (Å²) >= 11 is 11.8. The van der Waals surface area contributed by atoms with Crippen LogP contribution < -0.4 is 10.1 Å². The van der Waals surface area contributed by atoms with Crippen LogP contribution >= 0.6 is 23.2 Å². The van der Waals surface area contributed by atoms with Crippen molar-refractivity contribution in [3.05, 3.63) is 75.8 Å². The molecule has 3 rings (SSSR count). The fourth-order valence-corrected chi connectivity index (χ4v) is 2.97. The average molecular weight is 397 g/mol. The summed E-state index contributed by atoms with van der Waals surface area (Å²) in [6.07, 6.45) is 1.52. The third kappa shape index (κ3) is 4.06. The minimum absolute atomic E-state index is 0.0595. The molecule has 0 saturated heterocycles. The monoisotopic (exact) mass is 396 g/mol. The van der Waals surface area contributed by atoms with Gasteiger partial charge in [0.05, 0.1) is 17.2 Å². The molecule has 0 aromatic heterocycles. The first-order chi connectivity index (χ1) is 13.0. The summed E-state index contributed by atoms with van der Waals surface area (Å²) in [5.74, 6) is 0.0228. The van der Waals surface area contributed by atoms with Gasteiger partial charge in [-0.1, -0.05) is 53.5 Å². The number of nitriles is 1. The predicted molar refractivity (Wildman–Crippen MR) is 109 cm³/mol. The van der Waals surface area contributed by atoms with Crippen LogP contribution in [-0.4, -0.2) is 13.0 Å². The Hall–Kier alpha value is -3.00. The normalized spacial score (nSPS) is 11.1. The summed E-state index contributed by atoms with van der Waals surface area (Å²) in [5, 5.41) is 14.7. The van der Waals surface area contributed by atoms with E-state index in [1.165, 1.54) is 12.1 Å². The molecule has 0 fully saturated rings. The van der Waals surface area contributed by atoms with Crippen LogP contribution in [-0.2, 0) is 4.79 Å². The number of amides is 1. The van der Waals surface area contributed by atoms with Crippen molar-refractivity contribution in [2.45, 2.75) is 0 Å². The predicted octanol–water partition coefficient (Wildman–Crippen LogP) is 5.70. The summed E-state index contributed by atoms with van der Waals surface area (Å²) in [6.45, 7) is 0. The molecular weight excluding hydrogens is 383 g/mol. The number of carbonyl (C=O) groups is 1. The first kappa shape index (κ1) is 18.8.